The molecule has 0 aliphatic carbocycles. The van der Waals surface area contributed by atoms with Gasteiger partial charge in [0.2, 0.25) is 5.91 Å². The Morgan fingerprint density at radius 1 is 1.14 bits per heavy atom. The van der Waals surface area contributed by atoms with Gasteiger partial charge in [-0.25, -0.2) is 4.79 Å². The molecule has 0 N–H and O–H groups in total. The maximum absolute atomic E-state index is 13.3. The van der Waals surface area contributed by atoms with Gasteiger partial charge in [-0.2, -0.15) is 0 Å². The van der Waals surface area contributed by atoms with Crippen molar-refractivity contribution in [2.45, 2.75) is 37.8 Å². The molecular formula is C21H27N3O4. The van der Waals surface area contributed by atoms with Gasteiger partial charge in [0.05, 0.1) is 12.0 Å². The molecule has 4 aliphatic rings. The van der Waals surface area contributed by atoms with Crippen molar-refractivity contribution in [3.05, 3.63) is 23.3 Å². The number of hydrogen-bond acceptors (Lipinski definition) is 4. The van der Waals surface area contributed by atoms with Gasteiger partial charge >= 0.3 is 6.03 Å². The molecule has 0 bridgehead atoms. The van der Waals surface area contributed by atoms with Crippen molar-refractivity contribution >= 4 is 11.9 Å². The van der Waals surface area contributed by atoms with Crippen molar-refractivity contribution in [1.82, 2.24) is 14.7 Å². The van der Waals surface area contributed by atoms with Gasteiger partial charge in [0, 0.05) is 33.2 Å². The lowest BCUT2D eigenvalue weighted by Gasteiger charge is -2.52. The Kier molecular flexibility index (Phi) is 4.14. The molecule has 7 nitrogen and oxygen atoms in total. The van der Waals surface area contributed by atoms with Crippen LogP contribution in [0.1, 0.15) is 36.4 Å². The largest absolute Gasteiger partial charge is 0.486 e. The van der Waals surface area contributed by atoms with Crippen LogP contribution in [0.3, 0.4) is 0 Å². The number of hydrogen-bond donors (Lipinski definition) is 0. The van der Waals surface area contributed by atoms with Crippen LogP contribution in [-0.2, 0) is 11.2 Å². The lowest BCUT2D eigenvalue weighted by atomic mass is 9.76. The molecule has 2 saturated heterocycles. The highest BCUT2D eigenvalue weighted by Crippen LogP contribution is 2.46. The average molecular weight is 385 g/mol. The summed E-state index contributed by atoms with van der Waals surface area (Å²) in [6.07, 6.45) is 3.40. The molecule has 0 spiro atoms. The second-order valence-electron chi connectivity index (χ2n) is 8.41. The molecule has 3 unspecified atom stereocenters. The van der Waals surface area contributed by atoms with Crippen LogP contribution in [0.5, 0.6) is 11.5 Å². The Bertz CT molecular complexity index is 824. The number of rotatable bonds is 0. The van der Waals surface area contributed by atoms with E-state index in [1.54, 1.807) is 19.0 Å². The van der Waals surface area contributed by atoms with Gasteiger partial charge < -0.3 is 24.2 Å². The number of carbonyl (C=O) groups excluding carboxylic acids is 2. The first-order chi connectivity index (χ1) is 13.5. The summed E-state index contributed by atoms with van der Waals surface area (Å²) in [6.45, 7) is 2.59. The van der Waals surface area contributed by atoms with Gasteiger partial charge in [-0.1, -0.05) is 0 Å². The molecule has 7 heteroatoms. The molecule has 5 rings (SSSR count). The van der Waals surface area contributed by atoms with Crippen molar-refractivity contribution in [2.24, 2.45) is 5.92 Å². The Hall–Kier alpha value is -2.44. The standard InChI is InChI=1S/C21H27N3O4/c1-22(2)21(26)24-6-3-4-14-16(24)12-17-15-11-19-18(27-8-9-28-19)10-13(15)5-7-23(17)20(14)25/h10-11,14,16-17H,3-9,12H2,1-2H3. The number of ether oxygens (including phenoxy) is 2. The number of amides is 3. The lowest BCUT2D eigenvalue weighted by Crippen LogP contribution is -2.61. The summed E-state index contributed by atoms with van der Waals surface area (Å²) in [6, 6.07) is 4.13. The summed E-state index contributed by atoms with van der Waals surface area (Å²) >= 11 is 0. The van der Waals surface area contributed by atoms with Gasteiger partial charge in [0.1, 0.15) is 13.2 Å². The number of urea groups is 1. The first-order valence-electron chi connectivity index (χ1n) is 10.3. The van der Waals surface area contributed by atoms with Crippen LogP contribution in [0, 0.1) is 5.92 Å². The minimum atomic E-state index is -0.0762. The average Bonchev–Trinajstić information content (AvgIpc) is 2.71. The Balaban J connectivity index is 1.51. The van der Waals surface area contributed by atoms with Crippen molar-refractivity contribution in [2.75, 3.05) is 40.4 Å². The number of fused-ring (bicyclic) bond motifs is 5. The topological polar surface area (TPSA) is 62.3 Å². The van der Waals surface area contributed by atoms with E-state index in [0.717, 1.165) is 55.8 Å². The molecule has 28 heavy (non-hydrogen) atoms. The van der Waals surface area contributed by atoms with E-state index >= 15 is 0 Å². The van der Waals surface area contributed by atoms with E-state index in [9.17, 15) is 9.59 Å². The predicted octanol–water partition coefficient (Wildman–Crippen LogP) is 2.05. The summed E-state index contributed by atoms with van der Waals surface area (Å²) in [4.78, 5) is 31.7. The van der Waals surface area contributed by atoms with Crippen molar-refractivity contribution < 1.29 is 19.1 Å². The zero-order valence-corrected chi connectivity index (χ0v) is 16.5. The molecule has 1 aromatic rings. The van der Waals surface area contributed by atoms with Gasteiger partial charge in [-0.15, -0.1) is 0 Å². The molecule has 3 atom stereocenters. The van der Waals surface area contributed by atoms with Crippen LogP contribution in [0.2, 0.25) is 0 Å². The minimum absolute atomic E-state index is 0.00360. The Labute approximate surface area is 165 Å². The lowest BCUT2D eigenvalue weighted by molar-refractivity contribution is -0.148. The number of likely N-dealkylation sites (tertiary alicyclic amines) is 1. The molecular weight excluding hydrogens is 358 g/mol. The van der Waals surface area contributed by atoms with E-state index < -0.39 is 0 Å². The molecule has 1 aromatic carbocycles. The number of carbonyl (C=O) groups is 2. The predicted molar refractivity (Wildman–Crippen MR) is 103 cm³/mol. The third-order valence-electron chi connectivity index (χ3n) is 6.63. The second kappa shape index (κ2) is 6.57. The number of piperidine rings is 2. The summed E-state index contributed by atoms with van der Waals surface area (Å²) < 4.78 is 11.5. The summed E-state index contributed by atoms with van der Waals surface area (Å²) in [5.74, 6) is 1.71. The molecule has 0 saturated carbocycles. The summed E-state index contributed by atoms with van der Waals surface area (Å²) in [5.41, 5.74) is 2.39. The van der Waals surface area contributed by atoms with Crippen LogP contribution in [0.25, 0.3) is 0 Å². The van der Waals surface area contributed by atoms with E-state index in [2.05, 4.69) is 12.1 Å². The fourth-order valence-corrected chi connectivity index (χ4v) is 5.33. The smallest absolute Gasteiger partial charge is 0.319 e. The Morgan fingerprint density at radius 3 is 2.64 bits per heavy atom. The summed E-state index contributed by atoms with van der Waals surface area (Å²) in [7, 11) is 3.56. The van der Waals surface area contributed by atoms with Crippen LogP contribution in [-0.4, -0.2) is 73.1 Å². The van der Waals surface area contributed by atoms with Gasteiger partial charge in [-0.05, 0) is 48.9 Å². The van der Waals surface area contributed by atoms with E-state index in [4.69, 9.17) is 9.47 Å². The van der Waals surface area contributed by atoms with Gasteiger partial charge in [0.25, 0.3) is 0 Å². The van der Waals surface area contributed by atoms with E-state index in [0.29, 0.717) is 13.2 Å². The quantitative estimate of drug-likeness (QED) is 0.686. The van der Waals surface area contributed by atoms with E-state index in [1.807, 2.05) is 9.80 Å². The normalized spacial score (nSPS) is 28.2. The monoisotopic (exact) mass is 385 g/mol. The number of nitrogens with zero attached hydrogens (tertiary/aromatic N) is 3. The number of benzene rings is 1. The zero-order chi connectivity index (χ0) is 19.4. The molecule has 150 valence electrons. The van der Waals surface area contributed by atoms with E-state index in [-0.39, 0.29) is 29.9 Å². The third-order valence-corrected chi connectivity index (χ3v) is 6.63. The molecule has 0 radical (unpaired) electrons. The molecule has 4 aliphatic heterocycles. The van der Waals surface area contributed by atoms with Crippen LogP contribution >= 0.6 is 0 Å². The highest BCUT2D eigenvalue weighted by atomic mass is 16.6. The molecule has 2 fully saturated rings. The van der Waals surface area contributed by atoms with Crippen LogP contribution in [0.15, 0.2) is 12.1 Å². The highest BCUT2D eigenvalue weighted by molar-refractivity contribution is 5.83. The molecule has 4 heterocycles. The maximum atomic E-state index is 13.3. The second-order valence-corrected chi connectivity index (χ2v) is 8.41. The fourth-order valence-electron chi connectivity index (χ4n) is 5.33. The minimum Gasteiger partial charge on any atom is -0.486 e. The molecule has 0 aromatic heterocycles. The SMILES string of the molecule is CN(C)C(=O)N1CCCC2C(=O)N3CCc4cc5c(cc4C3CC21)OCCO5. The van der Waals surface area contributed by atoms with Gasteiger partial charge in [-0.3, -0.25) is 4.79 Å². The first kappa shape index (κ1) is 17.6. The van der Waals surface area contributed by atoms with Crippen molar-refractivity contribution in [3.63, 3.8) is 0 Å². The van der Waals surface area contributed by atoms with Crippen molar-refractivity contribution in [1.29, 1.82) is 0 Å². The highest BCUT2D eigenvalue weighted by Gasteiger charge is 2.49. The zero-order valence-electron chi connectivity index (χ0n) is 16.5. The van der Waals surface area contributed by atoms with Crippen LogP contribution < -0.4 is 9.47 Å². The fraction of sp³-hybridized carbons (Fsp3) is 0.619. The van der Waals surface area contributed by atoms with Gasteiger partial charge in [0.15, 0.2) is 11.5 Å². The third kappa shape index (κ3) is 2.63. The van der Waals surface area contributed by atoms with Crippen molar-refractivity contribution in [3.8, 4) is 11.5 Å². The first-order valence-corrected chi connectivity index (χ1v) is 10.3. The maximum Gasteiger partial charge on any atom is 0.319 e. The van der Waals surface area contributed by atoms with E-state index in [1.165, 1.54) is 5.56 Å². The Morgan fingerprint density at radius 2 is 1.89 bits per heavy atom. The summed E-state index contributed by atoms with van der Waals surface area (Å²) in [5, 5.41) is 0. The van der Waals surface area contributed by atoms with Crippen LogP contribution in [0.4, 0.5) is 4.79 Å². The molecule has 3 amide bonds.